The van der Waals surface area contributed by atoms with Crippen LogP contribution < -0.4 is 0 Å². The molecule has 9 heteroatoms. The molecule has 0 radical (unpaired) electrons. The van der Waals surface area contributed by atoms with E-state index in [0.717, 1.165) is 12.1 Å². The topological polar surface area (TPSA) is 30.7 Å². The van der Waals surface area contributed by atoms with Crippen molar-refractivity contribution >= 4 is 23.4 Å². The largest absolute Gasteiger partial charge is 0.274 e. The van der Waals surface area contributed by atoms with Gasteiger partial charge in [0.15, 0.2) is 16.8 Å². The second-order valence-electron chi connectivity index (χ2n) is 6.62. The molecule has 3 nitrogen and oxygen atoms in total. The summed E-state index contributed by atoms with van der Waals surface area (Å²) in [6.45, 7) is 4.00. The van der Waals surface area contributed by atoms with Gasteiger partial charge in [-0.2, -0.15) is 0 Å². The molecule has 0 saturated heterocycles. The highest BCUT2D eigenvalue weighted by atomic mass is 35.5. The molecule has 0 amide bonds. The van der Waals surface area contributed by atoms with Gasteiger partial charge in [0.2, 0.25) is 0 Å². The third kappa shape index (κ3) is 5.94. The maximum absolute atomic E-state index is 14.1. The van der Waals surface area contributed by atoms with Gasteiger partial charge in [-0.05, 0) is 54.1 Å². The maximum atomic E-state index is 14.1. The summed E-state index contributed by atoms with van der Waals surface area (Å²) < 4.78 is 56.1. The lowest BCUT2D eigenvalue weighted by Gasteiger charge is -2.11. The van der Waals surface area contributed by atoms with Gasteiger partial charge in [-0.15, -0.1) is 10.2 Å². The van der Waals surface area contributed by atoms with Crippen molar-refractivity contribution in [3.05, 3.63) is 106 Å². The molecule has 33 heavy (non-hydrogen) atoms. The Morgan fingerprint density at radius 1 is 0.848 bits per heavy atom. The zero-order chi connectivity index (χ0) is 24.0. The number of aromatic nitrogens is 3. The van der Waals surface area contributed by atoms with Crippen LogP contribution >= 0.6 is 23.4 Å². The number of halogens is 5. The van der Waals surface area contributed by atoms with E-state index in [2.05, 4.69) is 10.2 Å². The van der Waals surface area contributed by atoms with Crippen molar-refractivity contribution in [1.29, 1.82) is 0 Å². The van der Waals surface area contributed by atoms with Crippen molar-refractivity contribution in [2.75, 3.05) is 0 Å². The molecule has 0 aliphatic carbocycles. The highest BCUT2D eigenvalue weighted by molar-refractivity contribution is 7.98. The van der Waals surface area contributed by atoms with Crippen molar-refractivity contribution in [2.45, 2.75) is 31.2 Å². The van der Waals surface area contributed by atoms with Crippen LogP contribution in [0.5, 0.6) is 0 Å². The molecule has 1 heterocycles. The normalized spacial score (nSPS) is 10.6. The maximum Gasteiger partial charge on any atom is 0.196 e. The molecule has 172 valence electrons. The van der Waals surface area contributed by atoms with Crippen LogP contribution in [0.4, 0.5) is 17.6 Å². The monoisotopic (exact) mass is 493 g/mol. The molecule has 0 fully saturated rings. The molecule has 4 rings (SSSR count). The van der Waals surface area contributed by atoms with Gasteiger partial charge in [0, 0.05) is 28.4 Å². The molecule has 0 saturated carbocycles. The van der Waals surface area contributed by atoms with Gasteiger partial charge in [0.1, 0.15) is 17.5 Å². The Balaban J connectivity index is 0.00000149. The smallest absolute Gasteiger partial charge is 0.196 e. The van der Waals surface area contributed by atoms with Gasteiger partial charge in [-0.3, -0.25) is 4.57 Å². The first-order chi connectivity index (χ1) is 15.9. The van der Waals surface area contributed by atoms with Gasteiger partial charge in [0.05, 0.1) is 0 Å². The van der Waals surface area contributed by atoms with Gasteiger partial charge in [0.25, 0.3) is 0 Å². The van der Waals surface area contributed by atoms with E-state index in [4.69, 9.17) is 11.6 Å². The minimum atomic E-state index is -0.964. The second kappa shape index (κ2) is 11.3. The summed E-state index contributed by atoms with van der Waals surface area (Å²) in [4.78, 5) is 0. The first-order valence-corrected chi connectivity index (χ1v) is 11.5. The Morgan fingerprint density at radius 3 is 2.24 bits per heavy atom. The minimum absolute atomic E-state index is 0.155. The van der Waals surface area contributed by atoms with Crippen molar-refractivity contribution in [3.63, 3.8) is 0 Å². The van der Waals surface area contributed by atoms with E-state index in [-0.39, 0.29) is 12.2 Å². The molecule has 0 unspecified atom stereocenters. The van der Waals surface area contributed by atoms with E-state index in [1.807, 2.05) is 13.8 Å². The summed E-state index contributed by atoms with van der Waals surface area (Å²) in [6, 6.07) is 13.7. The fourth-order valence-electron chi connectivity index (χ4n) is 3.00. The van der Waals surface area contributed by atoms with Crippen LogP contribution in [0, 0.1) is 23.3 Å². The quantitative estimate of drug-likeness (QED) is 0.207. The summed E-state index contributed by atoms with van der Waals surface area (Å²) >= 11 is 7.31. The lowest BCUT2D eigenvalue weighted by molar-refractivity contribution is 0.507. The van der Waals surface area contributed by atoms with E-state index >= 15 is 0 Å². The van der Waals surface area contributed by atoms with Crippen LogP contribution in [0.25, 0.3) is 5.69 Å². The highest BCUT2D eigenvalue weighted by Gasteiger charge is 2.17. The fraction of sp³-hybridized carbons (Fsp3) is 0.167. The molecular weight excluding hydrogens is 474 g/mol. The zero-order valence-corrected chi connectivity index (χ0v) is 19.4. The van der Waals surface area contributed by atoms with E-state index in [1.165, 1.54) is 42.1 Å². The number of hydrogen-bond donors (Lipinski definition) is 0. The van der Waals surface area contributed by atoms with Crippen molar-refractivity contribution in [2.24, 2.45) is 0 Å². The predicted octanol–water partition coefficient (Wildman–Crippen LogP) is 7.39. The van der Waals surface area contributed by atoms with Crippen LogP contribution in [-0.2, 0) is 12.2 Å². The van der Waals surface area contributed by atoms with E-state index < -0.39 is 23.3 Å². The Hall–Kier alpha value is -2.84. The average Bonchev–Trinajstić information content (AvgIpc) is 3.20. The molecule has 0 aliphatic rings. The van der Waals surface area contributed by atoms with Crippen LogP contribution in [-0.4, -0.2) is 14.8 Å². The first kappa shape index (κ1) is 24.8. The second-order valence-corrected chi connectivity index (χ2v) is 7.97. The SMILES string of the molecule is CC.Fc1ccc(-n2c(Cc3ccc(F)c(F)c3)nnc2SCc2c(F)cccc2Cl)cc1. The number of rotatable bonds is 6. The lowest BCUT2D eigenvalue weighted by Crippen LogP contribution is -2.04. The number of hydrogen-bond acceptors (Lipinski definition) is 3. The molecule has 3 aromatic carbocycles. The fourth-order valence-corrected chi connectivity index (χ4v) is 4.31. The molecule has 0 aliphatic heterocycles. The summed E-state index contributed by atoms with van der Waals surface area (Å²) in [5, 5.41) is 9.06. The molecule has 0 spiro atoms. The van der Waals surface area contributed by atoms with Crippen molar-refractivity contribution < 1.29 is 17.6 Å². The highest BCUT2D eigenvalue weighted by Crippen LogP contribution is 2.30. The Kier molecular flexibility index (Phi) is 8.52. The van der Waals surface area contributed by atoms with Crippen LogP contribution in [0.1, 0.15) is 30.8 Å². The van der Waals surface area contributed by atoms with Crippen molar-refractivity contribution in [3.8, 4) is 5.69 Å². The standard InChI is InChI=1S/C22H14ClF4N3S.C2H6/c23-17-2-1-3-18(25)16(17)12-31-22-29-28-21(11-13-4-9-19(26)20(27)10-13)30(22)15-7-5-14(24)6-8-15;1-2/h1-10H,11-12H2;1-2H3. The van der Waals surface area contributed by atoms with Crippen molar-refractivity contribution in [1.82, 2.24) is 14.8 Å². The summed E-state index contributed by atoms with van der Waals surface area (Å²) in [5.74, 6) is -2.13. The molecular formula is C24H20ClF4N3S. The third-order valence-corrected chi connectivity index (χ3v) is 5.85. The van der Waals surface area contributed by atoms with Gasteiger partial charge in [-0.25, -0.2) is 17.6 Å². The Bertz CT molecular complexity index is 1210. The Morgan fingerprint density at radius 2 is 1.58 bits per heavy atom. The number of nitrogens with zero attached hydrogens (tertiary/aromatic N) is 3. The van der Waals surface area contributed by atoms with E-state index in [1.54, 1.807) is 22.8 Å². The molecule has 0 atom stereocenters. The molecule has 1 aromatic heterocycles. The molecule has 0 N–H and O–H groups in total. The lowest BCUT2D eigenvalue weighted by atomic mass is 10.1. The van der Waals surface area contributed by atoms with Gasteiger partial charge in [-0.1, -0.05) is 49.3 Å². The van der Waals surface area contributed by atoms with E-state index in [9.17, 15) is 17.6 Å². The predicted molar refractivity (Wildman–Crippen MR) is 123 cm³/mol. The van der Waals surface area contributed by atoms with Crippen LogP contribution in [0.15, 0.2) is 65.8 Å². The first-order valence-electron chi connectivity index (χ1n) is 10.1. The van der Waals surface area contributed by atoms with Crippen LogP contribution in [0.2, 0.25) is 5.02 Å². The zero-order valence-electron chi connectivity index (χ0n) is 17.8. The number of benzene rings is 3. The minimum Gasteiger partial charge on any atom is -0.274 e. The average molecular weight is 494 g/mol. The number of thioether (sulfide) groups is 1. The summed E-state index contributed by atoms with van der Waals surface area (Å²) in [7, 11) is 0. The van der Waals surface area contributed by atoms with Crippen LogP contribution in [0.3, 0.4) is 0 Å². The Labute approximate surface area is 198 Å². The summed E-state index contributed by atoms with van der Waals surface area (Å²) in [6.07, 6.45) is 0.155. The molecule has 0 bridgehead atoms. The summed E-state index contributed by atoms with van der Waals surface area (Å²) in [5.41, 5.74) is 1.39. The van der Waals surface area contributed by atoms with Gasteiger partial charge >= 0.3 is 0 Å². The molecule has 4 aromatic rings. The third-order valence-electron chi connectivity index (χ3n) is 4.54. The van der Waals surface area contributed by atoms with Gasteiger partial charge < -0.3 is 0 Å². The van der Waals surface area contributed by atoms with E-state index in [0.29, 0.717) is 32.8 Å².